The third-order valence-electron chi connectivity index (χ3n) is 4.45. The van der Waals surface area contributed by atoms with E-state index >= 15 is 4.39 Å². The van der Waals surface area contributed by atoms with Gasteiger partial charge in [-0.2, -0.15) is 5.10 Å². The molecule has 4 aromatic rings. The number of aromatic nitrogens is 5. The number of fused-ring (bicyclic) bond motifs is 1. The molecule has 0 saturated carbocycles. The van der Waals surface area contributed by atoms with Gasteiger partial charge in [-0.1, -0.05) is 11.6 Å². The van der Waals surface area contributed by atoms with Gasteiger partial charge >= 0.3 is 0 Å². The fourth-order valence-corrected chi connectivity index (χ4v) is 3.22. The number of aryl methyl sites for hydroxylation is 1. The van der Waals surface area contributed by atoms with E-state index in [4.69, 9.17) is 22.1 Å². The van der Waals surface area contributed by atoms with Crippen molar-refractivity contribution >= 4 is 28.3 Å². The zero-order chi connectivity index (χ0) is 21.6. The molecular weight excluding hydrogens is 421 g/mol. The molecule has 2 N–H and O–H groups in total. The summed E-state index contributed by atoms with van der Waals surface area (Å²) in [4.78, 5) is 12.1. The molecule has 2 aromatic carbocycles. The number of halogens is 4. The van der Waals surface area contributed by atoms with E-state index in [1.807, 2.05) is 0 Å². The monoisotopic (exact) mass is 434 g/mol. The van der Waals surface area contributed by atoms with Crippen molar-refractivity contribution in [1.29, 1.82) is 0 Å². The van der Waals surface area contributed by atoms with Crippen LogP contribution in [0.15, 0.2) is 30.9 Å². The molecule has 0 spiro atoms. The predicted octanol–water partition coefficient (Wildman–Crippen LogP) is 4.22. The van der Waals surface area contributed by atoms with Crippen molar-refractivity contribution in [2.75, 3.05) is 5.73 Å². The molecule has 0 fully saturated rings. The molecule has 30 heavy (non-hydrogen) atoms. The number of nitrogens with two attached hydrogens (primary N) is 1. The number of nitrogen functional groups attached to an aromatic ring is 1. The highest BCUT2D eigenvalue weighted by Gasteiger charge is 2.24. The van der Waals surface area contributed by atoms with Gasteiger partial charge in [-0.3, -0.25) is 4.68 Å². The highest BCUT2D eigenvalue weighted by Crippen LogP contribution is 2.41. The van der Waals surface area contributed by atoms with Crippen LogP contribution in [0.4, 0.5) is 19.0 Å². The van der Waals surface area contributed by atoms with E-state index in [0.717, 1.165) is 24.5 Å². The van der Waals surface area contributed by atoms with Gasteiger partial charge in [0.2, 0.25) is 0 Å². The number of benzene rings is 2. The zero-order valence-electron chi connectivity index (χ0n) is 15.7. The number of hydrogen-bond acceptors (Lipinski definition) is 6. The van der Waals surface area contributed by atoms with Crippen molar-refractivity contribution in [3.8, 4) is 16.9 Å². The first-order valence-corrected chi connectivity index (χ1v) is 9.04. The SMILES string of the molecule is C[C@@H](Oc1cc(F)c(-c2ccc(F)c(Cl)c2F)c2ncnc(N)c12)c1ncn(C)n1. The smallest absolute Gasteiger partial charge is 0.191 e. The Morgan fingerprint density at radius 3 is 2.60 bits per heavy atom. The summed E-state index contributed by atoms with van der Waals surface area (Å²) in [6.07, 6.45) is 1.95. The molecule has 0 amide bonds. The van der Waals surface area contributed by atoms with Crippen molar-refractivity contribution in [1.82, 2.24) is 24.7 Å². The van der Waals surface area contributed by atoms with Crippen molar-refractivity contribution in [3.63, 3.8) is 0 Å². The van der Waals surface area contributed by atoms with Gasteiger partial charge in [0, 0.05) is 24.2 Å². The van der Waals surface area contributed by atoms with Crippen LogP contribution in [0, 0.1) is 17.5 Å². The van der Waals surface area contributed by atoms with Crippen LogP contribution in [-0.2, 0) is 7.05 Å². The van der Waals surface area contributed by atoms with Gasteiger partial charge in [-0.15, -0.1) is 0 Å². The third-order valence-corrected chi connectivity index (χ3v) is 4.79. The van der Waals surface area contributed by atoms with Gasteiger partial charge in [-0.05, 0) is 19.1 Å². The van der Waals surface area contributed by atoms with Crippen molar-refractivity contribution in [2.24, 2.45) is 7.05 Å². The number of anilines is 1. The molecule has 0 aliphatic carbocycles. The average molecular weight is 435 g/mol. The van der Waals surface area contributed by atoms with Crippen LogP contribution in [0.5, 0.6) is 5.75 Å². The fourth-order valence-electron chi connectivity index (χ4n) is 3.06. The lowest BCUT2D eigenvalue weighted by Crippen LogP contribution is -2.08. The summed E-state index contributed by atoms with van der Waals surface area (Å²) in [5.74, 6) is -2.56. The van der Waals surface area contributed by atoms with Crippen LogP contribution in [0.3, 0.4) is 0 Å². The van der Waals surface area contributed by atoms with E-state index in [0.29, 0.717) is 5.82 Å². The molecule has 11 heteroatoms. The fraction of sp³-hybridized carbons (Fsp3) is 0.158. The van der Waals surface area contributed by atoms with Crippen LogP contribution in [-0.4, -0.2) is 24.7 Å². The van der Waals surface area contributed by atoms with E-state index in [9.17, 15) is 8.78 Å². The van der Waals surface area contributed by atoms with Crippen LogP contribution in [0.1, 0.15) is 18.9 Å². The van der Waals surface area contributed by atoms with E-state index in [-0.39, 0.29) is 33.6 Å². The molecular formula is C19H14ClF3N6O. The summed E-state index contributed by atoms with van der Waals surface area (Å²) in [7, 11) is 1.70. The van der Waals surface area contributed by atoms with Gasteiger partial charge in [0.25, 0.3) is 0 Å². The van der Waals surface area contributed by atoms with E-state index in [1.54, 1.807) is 14.0 Å². The van der Waals surface area contributed by atoms with Gasteiger partial charge in [-0.25, -0.2) is 28.1 Å². The lowest BCUT2D eigenvalue weighted by atomic mass is 10.00. The summed E-state index contributed by atoms with van der Waals surface area (Å²) >= 11 is 5.67. The quantitative estimate of drug-likeness (QED) is 0.483. The summed E-state index contributed by atoms with van der Waals surface area (Å²) in [5.41, 5.74) is 5.47. The molecule has 2 aromatic heterocycles. The molecule has 0 aliphatic heterocycles. The standard InChI is InChI=1S/C19H14ClF3N6O/c1-8(19-27-7-29(2)28-19)30-12-5-11(22)13(17-14(12)18(24)26-6-25-17)9-3-4-10(21)15(20)16(9)23/h3-8H,1-2H3,(H2,24,25,26)/t8-/m1/s1. The van der Waals surface area contributed by atoms with Crippen LogP contribution >= 0.6 is 11.6 Å². The van der Waals surface area contributed by atoms with Crippen LogP contribution in [0.25, 0.3) is 22.0 Å². The molecule has 0 radical (unpaired) electrons. The Bertz CT molecular complexity index is 1280. The van der Waals surface area contributed by atoms with E-state index in [1.165, 1.54) is 11.0 Å². The molecule has 2 heterocycles. The normalized spacial score (nSPS) is 12.3. The van der Waals surface area contributed by atoms with Crippen molar-refractivity contribution in [2.45, 2.75) is 13.0 Å². The third kappa shape index (κ3) is 3.28. The van der Waals surface area contributed by atoms with Gasteiger partial charge in [0.15, 0.2) is 17.7 Å². The Labute approximate surface area is 173 Å². The van der Waals surface area contributed by atoms with Crippen molar-refractivity contribution < 1.29 is 17.9 Å². The molecule has 154 valence electrons. The summed E-state index contributed by atoms with van der Waals surface area (Å²) in [5, 5.41) is 3.56. The molecule has 0 bridgehead atoms. The predicted molar refractivity (Wildman–Crippen MR) is 104 cm³/mol. The Morgan fingerprint density at radius 2 is 1.90 bits per heavy atom. The second-order valence-electron chi connectivity index (χ2n) is 6.47. The summed E-state index contributed by atoms with van der Waals surface area (Å²) in [6, 6.07) is 3.05. The number of hydrogen-bond donors (Lipinski definition) is 1. The van der Waals surface area contributed by atoms with E-state index < -0.39 is 28.6 Å². The van der Waals surface area contributed by atoms with Gasteiger partial charge in [0.05, 0.1) is 10.9 Å². The molecule has 7 nitrogen and oxygen atoms in total. The molecule has 0 aliphatic rings. The topological polar surface area (TPSA) is 91.7 Å². The largest absolute Gasteiger partial charge is 0.482 e. The second kappa shape index (κ2) is 7.45. The Hall–Kier alpha value is -3.40. The van der Waals surface area contributed by atoms with Gasteiger partial charge < -0.3 is 10.5 Å². The molecule has 1 atom stereocenters. The molecule has 4 rings (SSSR count). The summed E-state index contributed by atoms with van der Waals surface area (Å²) < 4.78 is 50.7. The average Bonchev–Trinajstić information content (AvgIpc) is 3.14. The maximum absolute atomic E-state index is 15.1. The van der Waals surface area contributed by atoms with Crippen molar-refractivity contribution in [3.05, 3.63) is 59.2 Å². The molecule has 0 unspecified atom stereocenters. The first-order chi connectivity index (χ1) is 14.3. The van der Waals surface area contributed by atoms with Crippen LogP contribution in [0.2, 0.25) is 5.02 Å². The highest BCUT2D eigenvalue weighted by molar-refractivity contribution is 6.31. The number of rotatable bonds is 4. The minimum Gasteiger partial charge on any atom is -0.482 e. The lowest BCUT2D eigenvalue weighted by Gasteiger charge is -2.17. The Morgan fingerprint density at radius 1 is 1.13 bits per heavy atom. The number of nitrogens with zero attached hydrogens (tertiary/aromatic N) is 5. The van der Waals surface area contributed by atoms with E-state index in [2.05, 4.69) is 20.1 Å². The Kier molecular flexibility index (Phi) is 4.94. The zero-order valence-corrected chi connectivity index (χ0v) is 16.5. The maximum atomic E-state index is 15.1. The summed E-state index contributed by atoms with van der Waals surface area (Å²) in [6.45, 7) is 1.67. The minimum atomic E-state index is -1.12. The lowest BCUT2D eigenvalue weighted by molar-refractivity contribution is 0.218. The minimum absolute atomic E-state index is 0.00829. The van der Waals surface area contributed by atoms with Gasteiger partial charge in [0.1, 0.15) is 40.9 Å². The van der Waals surface area contributed by atoms with Crippen LogP contribution < -0.4 is 10.5 Å². The first kappa shape index (κ1) is 19.9. The maximum Gasteiger partial charge on any atom is 0.191 e. The first-order valence-electron chi connectivity index (χ1n) is 8.66. The Balaban J connectivity index is 1.92. The second-order valence-corrected chi connectivity index (χ2v) is 6.85. The molecule has 0 saturated heterocycles. The highest BCUT2D eigenvalue weighted by atomic mass is 35.5. The number of ether oxygens (including phenoxy) is 1.